The lowest BCUT2D eigenvalue weighted by Crippen LogP contribution is -1.97. The largest absolute Gasteiger partial charge is 0.474 e. The van der Waals surface area contributed by atoms with Gasteiger partial charge < -0.3 is 9.14 Å². The van der Waals surface area contributed by atoms with Crippen molar-refractivity contribution in [2.45, 2.75) is 18.9 Å². The lowest BCUT2D eigenvalue weighted by molar-refractivity contribution is 0.291. The van der Waals surface area contributed by atoms with E-state index in [2.05, 4.69) is 16.0 Å². The molecule has 0 radical (unpaired) electrons. The van der Waals surface area contributed by atoms with Gasteiger partial charge in [-0.15, -0.1) is 0 Å². The molecule has 0 amide bonds. The van der Waals surface area contributed by atoms with Gasteiger partial charge in [0.2, 0.25) is 5.88 Å². The number of pyridine rings is 2. The molecular formula is C15H13N3O. The molecule has 94 valence electrons. The van der Waals surface area contributed by atoms with E-state index in [-0.39, 0.29) is 0 Å². The molecule has 1 fully saturated rings. The zero-order valence-corrected chi connectivity index (χ0v) is 10.4. The van der Waals surface area contributed by atoms with Crippen LogP contribution in [0.15, 0.2) is 49.1 Å². The van der Waals surface area contributed by atoms with Crippen molar-refractivity contribution in [3.05, 3.63) is 49.1 Å². The van der Waals surface area contributed by atoms with Crippen molar-refractivity contribution >= 4 is 5.52 Å². The van der Waals surface area contributed by atoms with Gasteiger partial charge in [-0.25, -0.2) is 9.97 Å². The van der Waals surface area contributed by atoms with Crippen molar-refractivity contribution < 1.29 is 4.74 Å². The zero-order valence-electron chi connectivity index (χ0n) is 10.4. The van der Waals surface area contributed by atoms with E-state index in [1.807, 2.05) is 47.4 Å². The molecule has 0 saturated heterocycles. The smallest absolute Gasteiger partial charge is 0.213 e. The highest BCUT2D eigenvalue weighted by Crippen LogP contribution is 2.27. The molecule has 1 aliphatic rings. The Morgan fingerprint density at radius 2 is 2.05 bits per heavy atom. The Labute approximate surface area is 110 Å². The summed E-state index contributed by atoms with van der Waals surface area (Å²) in [5, 5.41) is 0. The topological polar surface area (TPSA) is 39.4 Å². The number of fused-ring (bicyclic) bond motifs is 1. The molecule has 1 saturated carbocycles. The van der Waals surface area contributed by atoms with Gasteiger partial charge in [-0.2, -0.15) is 0 Å². The van der Waals surface area contributed by atoms with E-state index in [9.17, 15) is 0 Å². The summed E-state index contributed by atoms with van der Waals surface area (Å²) < 4.78 is 7.65. The van der Waals surface area contributed by atoms with Gasteiger partial charge in [0, 0.05) is 24.0 Å². The summed E-state index contributed by atoms with van der Waals surface area (Å²) in [6.45, 7) is 0. The normalized spacial score (nSPS) is 14.7. The molecule has 4 heteroatoms. The zero-order chi connectivity index (χ0) is 12.7. The molecule has 3 aromatic heterocycles. The molecule has 3 aromatic rings. The quantitative estimate of drug-likeness (QED) is 0.718. The molecule has 0 spiro atoms. The summed E-state index contributed by atoms with van der Waals surface area (Å²) in [6, 6.07) is 9.99. The summed E-state index contributed by atoms with van der Waals surface area (Å²) in [7, 11) is 0. The standard InChI is InChI=1S/C15H13N3O/c1-2-8-18-10-17-15(13(18)3-1)11-4-7-14(16-9-11)19-12-5-6-12/h1-4,7-10,12H,5-6H2. The fourth-order valence-electron chi connectivity index (χ4n) is 2.11. The van der Waals surface area contributed by atoms with E-state index >= 15 is 0 Å². The molecule has 0 N–H and O–H groups in total. The molecule has 0 atom stereocenters. The lowest BCUT2D eigenvalue weighted by atomic mass is 10.2. The summed E-state index contributed by atoms with van der Waals surface area (Å²) in [4.78, 5) is 8.80. The number of ether oxygens (including phenoxy) is 1. The van der Waals surface area contributed by atoms with Crippen LogP contribution < -0.4 is 4.74 Å². The predicted molar refractivity (Wildman–Crippen MR) is 72.1 cm³/mol. The van der Waals surface area contributed by atoms with Crippen LogP contribution >= 0.6 is 0 Å². The number of nitrogens with zero attached hydrogens (tertiary/aromatic N) is 3. The van der Waals surface area contributed by atoms with Gasteiger partial charge >= 0.3 is 0 Å². The molecule has 0 aromatic carbocycles. The van der Waals surface area contributed by atoms with Crippen LogP contribution in [0.5, 0.6) is 5.88 Å². The molecule has 0 bridgehead atoms. The highest BCUT2D eigenvalue weighted by Gasteiger charge is 2.23. The summed E-state index contributed by atoms with van der Waals surface area (Å²) >= 11 is 0. The van der Waals surface area contributed by atoms with Crippen molar-refractivity contribution in [2.24, 2.45) is 0 Å². The minimum absolute atomic E-state index is 0.381. The maximum Gasteiger partial charge on any atom is 0.213 e. The molecule has 19 heavy (non-hydrogen) atoms. The maximum atomic E-state index is 5.65. The molecular weight excluding hydrogens is 238 g/mol. The fourth-order valence-corrected chi connectivity index (χ4v) is 2.11. The molecule has 4 nitrogen and oxygen atoms in total. The van der Waals surface area contributed by atoms with E-state index < -0.39 is 0 Å². The van der Waals surface area contributed by atoms with E-state index in [1.54, 1.807) is 0 Å². The van der Waals surface area contributed by atoms with Crippen molar-refractivity contribution in [3.63, 3.8) is 0 Å². The van der Waals surface area contributed by atoms with Crippen LogP contribution in [0, 0.1) is 0 Å². The number of hydrogen-bond acceptors (Lipinski definition) is 3. The number of hydrogen-bond donors (Lipinski definition) is 0. The first-order valence-corrected chi connectivity index (χ1v) is 6.45. The molecule has 3 heterocycles. The Bertz CT molecular complexity index is 714. The van der Waals surface area contributed by atoms with Gasteiger partial charge in [0.15, 0.2) is 0 Å². The van der Waals surface area contributed by atoms with Crippen LogP contribution in [-0.4, -0.2) is 20.5 Å². The SMILES string of the molecule is c1ccn2cnc(-c3ccc(OC4CC4)nc3)c2c1. The Morgan fingerprint density at radius 3 is 2.84 bits per heavy atom. The van der Waals surface area contributed by atoms with E-state index in [0.29, 0.717) is 12.0 Å². The van der Waals surface area contributed by atoms with Crippen LogP contribution in [0.2, 0.25) is 0 Å². The maximum absolute atomic E-state index is 5.65. The molecule has 1 aliphatic carbocycles. The van der Waals surface area contributed by atoms with Gasteiger partial charge in [0.05, 0.1) is 17.5 Å². The highest BCUT2D eigenvalue weighted by molar-refractivity contribution is 5.76. The van der Waals surface area contributed by atoms with Crippen molar-refractivity contribution in [1.82, 2.24) is 14.4 Å². The number of rotatable bonds is 3. The van der Waals surface area contributed by atoms with Gasteiger partial charge in [-0.05, 0) is 31.0 Å². The highest BCUT2D eigenvalue weighted by atomic mass is 16.5. The Balaban J connectivity index is 1.70. The third kappa shape index (κ3) is 1.95. The van der Waals surface area contributed by atoms with Crippen LogP contribution in [0.3, 0.4) is 0 Å². The Morgan fingerprint density at radius 1 is 1.11 bits per heavy atom. The van der Waals surface area contributed by atoms with Crippen LogP contribution in [0.4, 0.5) is 0 Å². The first kappa shape index (κ1) is 10.6. The summed E-state index contributed by atoms with van der Waals surface area (Å²) in [5.41, 5.74) is 3.04. The van der Waals surface area contributed by atoms with E-state index in [4.69, 9.17) is 4.74 Å². The fraction of sp³-hybridized carbons (Fsp3) is 0.200. The third-order valence-corrected chi connectivity index (χ3v) is 3.27. The third-order valence-electron chi connectivity index (χ3n) is 3.27. The summed E-state index contributed by atoms with van der Waals surface area (Å²) in [6.07, 6.45) is 8.31. The van der Waals surface area contributed by atoms with Crippen LogP contribution in [0.1, 0.15) is 12.8 Å². The second-order valence-electron chi connectivity index (χ2n) is 4.79. The average Bonchev–Trinajstić information content (AvgIpc) is 3.16. The van der Waals surface area contributed by atoms with Crippen LogP contribution in [0.25, 0.3) is 16.8 Å². The second-order valence-corrected chi connectivity index (χ2v) is 4.79. The van der Waals surface area contributed by atoms with Gasteiger partial charge in [0.25, 0.3) is 0 Å². The predicted octanol–water partition coefficient (Wildman–Crippen LogP) is 2.94. The first-order valence-electron chi connectivity index (χ1n) is 6.45. The average molecular weight is 251 g/mol. The number of aromatic nitrogens is 3. The van der Waals surface area contributed by atoms with E-state index in [1.165, 1.54) is 0 Å². The van der Waals surface area contributed by atoms with Gasteiger partial charge in [-0.3, -0.25) is 0 Å². The van der Waals surface area contributed by atoms with E-state index in [0.717, 1.165) is 29.6 Å². The van der Waals surface area contributed by atoms with Crippen molar-refractivity contribution in [3.8, 4) is 17.1 Å². The second kappa shape index (κ2) is 4.09. The minimum atomic E-state index is 0.381. The van der Waals surface area contributed by atoms with Crippen LogP contribution in [-0.2, 0) is 0 Å². The molecule has 4 rings (SSSR count). The van der Waals surface area contributed by atoms with Gasteiger partial charge in [-0.1, -0.05) is 6.07 Å². The number of imidazole rings is 1. The lowest BCUT2D eigenvalue weighted by Gasteiger charge is -2.03. The Hall–Kier alpha value is -2.36. The minimum Gasteiger partial charge on any atom is -0.474 e. The Kier molecular flexibility index (Phi) is 2.27. The molecule has 0 unspecified atom stereocenters. The monoisotopic (exact) mass is 251 g/mol. The van der Waals surface area contributed by atoms with Gasteiger partial charge in [0.1, 0.15) is 6.10 Å². The molecule has 0 aliphatic heterocycles. The first-order chi connectivity index (χ1) is 9.40. The van der Waals surface area contributed by atoms with Crippen molar-refractivity contribution in [2.75, 3.05) is 0 Å². The summed E-state index contributed by atoms with van der Waals surface area (Å²) in [5.74, 6) is 0.703. The van der Waals surface area contributed by atoms with Crippen molar-refractivity contribution in [1.29, 1.82) is 0 Å².